The first-order valence-corrected chi connectivity index (χ1v) is 3.08. The second-order valence-corrected chi connectivity index (χ2v) is 2.48. The molecule has 0 fully saturated rings. The predicted octanol–water partition coefficient (Wildman–Crippen LogP) is -0.296. The average molecular weight is 134 g/mol. The SMILES string of the molecule is CC(O)CC(C)C(O)O. The van der Waals surface area contributed by atoms with Gasteiger partial charge in [0.25, 0.3) is 0 Å². The highest BCUT2D eigenvalue weighted by Gasteiger charge is 2.12. The summed E-state index contributed by atoms with van der Waals surface area (Å²) in [5.74, 6) is -0.245. The number of aliphatic hydroxyl groups is 3. The van der Waals surface area contributed by atoms with E-state index in [4.69, 9.17) is 15.3 Å². The third kappa shape index (κ3) is 4.39. The Labute approximate surface area is 54.9 Å². The van der Waals surface area contributed by atoms with Crippen molar-refractivity contribution in [1.29, 1.82) is 0 Å². The number of hydrogen-bond acceptors (Lipinski definition) is 3. The van der Waals surface area contributed by atoms with Crippen LogP contribution in [0.5, 0.6) is 0 Å². The Hall–Kier alpha value is -0.120. The third-order valence-corrected chi connectivity index (χ3v) is 1.22. The Balaban J connectivity index is 3.38. The minimum absolute atomic E-state index is 0.245. The van der Waals surface area contributed by atoms with Crippen molar-refractivity contribution in [1.82, 2.24) is 0 Å². The smallest absolute Gasteiger partial charge is 0.154 e. The lowest BCUT2D eigenvalue weighted by Gasteiger charge is -2.14. The first kappa shape index (κ1) is 8.88. The molecule has 0 aliphatic rings. The molecule has 0 aromatic rings. The molecule has 3 heteroatoms. The highest BCUT2D eigenvalue weighted by Crippen LogP contribution is 2.07. The molecule has 0 aliphatic heterocycles. The molecule has 3 N–H and O–H groups in total. The topological polar surface area (TPSA) is 60.7 Å². The van der Waals surface area contributed by atoms with E-state index in [9.17, 15) is 0 Å². The Morgan fingerprint density at radius 1 is 1.11 bits per heavy atom. The van der Waals surface area contributed by atoms with Gasteiger partial charge >= 0.3 is 0 Å². The molecule has 3 nitrogen and oxygen atoms in total. The molecule has 0 amide bonds. The van der Waals surface area contributed by atoms with Crippen LogP contribution in [0.4, 0.5) is 0 Å². The molecular formula is C6H14O3. The summed E-state index contributed by atoms with van der Waals surface area (Å²) in [5, 5.41) is 25.8. The largest absolute Gasteiger partial charge is 0.393 e. The normalized spacial score (nSPS) is 18.0. The van der Waals surface area contributed by atoms with E-state index in [-0.39, 0.29) is 5.92 Å². The molecule has 0 aromatic carbocycles. The summed E-state index contributed by atoms with van der Waals surface area (Å²) in [4.78, 5) is 0. The van der Waals surface area contributed by atoms with Gasteiger partial charge in [-0.3, -0.25) is 0 Å². The first-order valence-electron chi connectivity index (χ1n) is 3.08. The molecule has 56 valence electrons. The fraction of sp³-hybridized carbons (Fsp3) is 1.00. The maximum Gasteiger partial charge on any atom is 0.154 e. The summed E-state index contributed by atoms with van der Waals surface area (Å²) in [6.45, 7) is 3.30. The standard InChI is InChI=1S/C6H14O3/c1-4(6(8)9)3-5(2)7/h4-9H,3H2,1-2H3. The Kier molecular flexibility index (Phi) is 3.77. The van der Waals surface area contributed by atoms with Crippen molar-refractivity contribution in [2.24, 2.45) is 5.92 Å². The molecule has 0 rings (SSSR count). The second-order valence-electron chi connectivity index (χ2n) is 2.48. The molecule has 0 heterocycles. The van der Waals surface area contributed by atoms with E-state index in [2.05, 4.69) is 0 Å². The summed E-state index contributed by atoms with van der Waals surface area (Å²) in [7, 11) is 0. The van der Waals surface area contributed by atoms with Gasteiger partial charge in [0.1, 0.15) is 0 Å². The quantitative estimate of drug-likeness (QED) is 0.464. The molecular weight excluding hydrogens is 120 g/mol. The van der Waals surface area contributed by atoms with Crippen molar-refractivity contribution in [2.45, 2.75) is 32.7 Å². The van der Waals surface area contributed by atoms with Crippen LogP contribution in [-0.2, 0) is 0 Å². The van der Waals surface area contributed by atoms with Gasteiger partial charge in [-0.2, -0.15) is 0 Å². The van der Waals surface area contributed by atoms with Gasteiger partial charge in [-0.05, 0) is 13.3 Å². The summed E-state index contributed by atoms with van der Waals surface area (Å²) in [5.41, 5.74) is 0. The molecule has 0 saturated carbocycles. The predicted molar refractivity (Wildman–Crippen MR) is 33.7 cm³/mol. The summed E-state index contributed by atoms with van der Waals surface area (Å²) in [6, 6.07) is 0. The van der Waals surface area contributed by atoms with Gasteiger partial charge in [0.15, 0.2) is 6.29 Å². The van der Waals surface area contributed by atoms with E-state index in [0.29, 0.717) is 6.42 Å². The lowest BCUT2D eigenvalue weighted by molar-refractivity contribution is -0.0877. The Bertz CT molecular complexity index is 70.7. The van der Waals surface area contributed by atoms with Crippen LogP contribution in [0.25, 0.3) is 0 Å². The van der Waals surface area contributed by atoms with Crippen LogP contribution in [0.2, 0.25) is 0 Å². The van der Waals surface area contributed by atoms with E-state index in [1.54, 1.807) is 13.8 Å². The van der Waals surface area contributed by atoms with E-state index in [1.165, 1.54) is 0 Å². The van der Waals surface area contributed by atoms with Gasteiger partial charge in [0.05, 0.1) is 6.10 Å². The van der Waals surface area contributed by atoms with Crippen molar-refractivity contribution < 1.29 is 15.3 Å². The molecule has 0 saturated heterocycles. The zero-order valence-electron chi connectivity index (χ0n) is 5.78. The van der Waals surface area contributed by atoms with E-state index in [1.807, 2.05) is 0 Å². The summed E-state index contributed by atoms with van der Waals surface area (Å²) in [6.07, 6.45) is -1.33. The zero-order chi connectivity index (χ0) is 7.44. The highest BCUT2D eigenvalue weighted by molar-refractivity contribution is 4.57. The van der Waals surface area contributed by atoms with Crippen molar-refractivity contribution >= 4 is 0 Å². The molecule has 2 unspecified atom stereocenters. The number of rotatable bonds is 3. The van der Waals surface area contributed by atoms with Crippen molar-refractivity contribution in [2.75, 3.05) is 0 Å². The van der Waals surface area contributed by atoms with Crippen molar-refractivity contribution in [3.63, 3.8) is 0 Å². The third-order valence-electron chi connectivity index (χ3n) is 1.22. The van der Waals surface area contributed by atoms with Gasteiger partial charge in [-0.1, -0.05) is 6.92 Å². The monoisotopic (exact) mass is 134 g/mol. The van der Waals surface area contributed by atoms with E-state index in [0.717, 1.165) is 0 Å². The molecule has 9 heavy (non-hydrogen) atoms. The molecule has 0 radical (unpaired) electrons. The summed E-state index contributed by atoms with van der Waals surface area (Å²) >= 11 is 0. The lowest BCUT2D eigenvalue weighted by atomic mass is 10.0. The van der Waals surface area contributed by atoms with Gasteiger partial charge in [-0.15, -0.1) is 0 Å². The van der Waals surface area contributed by atoms with Crippen LogP contribution in [0, 0.1) is 5.92 Å². The second kappa shape index (κ2) is 3.82. The Morgan fingerprint density at radius 2 is 1.56 bits per heavy atom. The van der Waals surface area contributed by atoms with Crippen LogP contribution in [0.15, 0.2) is 0 Å². The maximum atomic E-state index is 8.75. The molecule has 0 bridgehead atoms. The van der Waals surface area contributed by atoms with Gasteiger partial charge in [0, 0.05) is 5.92 Å². The van der Waals surface area contributed by atoms with Crippen LogP contribution in [0.3, 0.4) is 0 Å². The van der Waals surface area contributed by atoms with Gasteiger partial charge in [-0.25, -0.2) is 0 Å². The molecule has 0 aromatic heterocycles. The minimum atomic E-state index is -1.31. The van der Waals surface area contributed by atoms with E-state index < -0.39 is 12.4 Å². The number of hydrogen-bond donors (Lipinski definition) is 3. The average Bonchev–Trinajstić information content (AvgIpc) is 1.63. The van der Waals surface area contributed by atoms with E-state index >= 15 is 0 Å². The molecule has 0 aliphatic carbocycles. The first-order chi connectivity index (χ1) is 4.04. The van der Waals surface area contributed by atoms with Gasteiger partial charge in [0.2, 0.25) is 0 Å². The van der Waals surface area contributed by atoms with Crippen molar-refractivity contribution in [3.05, 3.63) is 0 Å². The summed E-state index contributed by atoms with van der Waals surface area (Å²) < 4.78 is 0. The lowest BCUT2D eigenvalue weighted by Crippen LogP contribution is -2.20. The van der Waals surface area contributed by atoms with Crippen LogP contribution < -0.4 is 0 Å². The van der Waals surface area contributed by atoms with Crippen molar-refractivity contribution in [3.8, 4) is 0 Å². The molecule has 0 spiro atoms. The highest BCUT2D eigenvalue weighted by atomic mass is 16.5. The zero-order valence-corrected chi connectivity index (χ0v) is 5.78. The van der Waals surface area contributed by atoms with Crippen LogP contribution in [-0.4, -0.2) is 27.7 Å². The molecule has 2 atom stereocenters. The van der Waals surface area contributed by atoms with Crippen LogP contribution in [0.1, 0.15) is 20.3 Å². The van der Waals surface area contributed by atoms with Gasteiger partial charge < -0.3 is 15.3 Å². The Morgan fingerprint density at radius 3 is 1.67 bits per heavy atom. The fourth-order valence-corrected chi connectivity index (χ4v) is 0.660. The number of aliphatic hydroxyl groups excluding tert-OH is 2. The fourth-order valence-electron chi connectivity index (χ4n) is 0.660. The maximum absolute atomic E-state index is 8.75. The van der Waals surface area contributed by atoms with Crippen LogP contribution >= 0.6 is 0 Å². The minimum Gasteiger partial charge on any atom is -0.393 e.